The number of likely N-dealkylation sites (N-methyl/N-ethyl adjacent to an activating group) is 1. The van der Waals surface area contributed by atoms with Crippen LogP contribution in [0.15, 0.2) is 0 Å². The smallest absolute Gasteiger partial charge is 0.0817 e. The van der Waals surface area contributed by atoms with Crippen LogP contribution in [0, 0.1) is 5.92 Å². The van der Waals surface area contributed by atoms with Crippen molar-refractivity contribution in [2.24, 2.45) is 5.92 Å². The number of aliphatic hydroxyl groups is 1. The van der Waals surface area contributed by atoms with Crippen LogP contribution in [0.2, 0.25) is 0 Å². The summed E-state index contributed by atoms with van der Waals surface area (Å²) < 4.78 is 5.27. The number of nitrogens with zero attached hydrogens (tertiary/aromatic N) is 1. The first-order chi connectivity index (χ1) is 7.06. The van der Waals surface area contributed by atoms with Crippen molar-refractivity contribution in [1.29, 1.82) is 0 Å². The van der Waals surface area contributed by atoms with E-state index in [9.17, 15) is 5.11 Å². The van der Waals surface area contributed by atoms with E-state index < -0.39 is 5.60 Å². The Morgan fingerprint density at radius 2 is 2.00 bits per heavy atom. The van der Waals surface area contributed by atoms with Crippen molar-refractivity contribution in [1.82, 2.24) is 4.90 Å². The largest absolute Gasteiger partial charge is 0.388 e. The monoisotopic (exact) mass is 215 g/mol. The first kappa shape index (κ1) is 12.9. The first-order valence-corrected chi connectivity index (χ1v) is 6.04. The normalized spacial score (nSPS) is 23.0. The van der Waals surface area contributed by atoms with Crippen LogP contribution in [-0.2, 0) is 4.74 Å². The lowest BCUT2D eigenvalue weighted by Crippen LogP contribution is -2.46. The molecule has 0 aliphatic carbocycles. The minimum atomic E-state index is -0.513. The molecule has 0 spiro atoms. The molecule has 15 heavy (non-hydrogen) atoms. The summed E-state index contributed by atoms with van der Waals surface area (Å²) in [6, 6.07) is 0. The number of ether oxygens (including phenoxy) is 1. The quantitative estimate of drug-likeness (QED) is 0.754. The Morgan fingerprint density at radius 1 is 1.40 bits per heavy atom. The maximum atomic E-state index is 10.3. The van der Waals surface area contributed by atoms with Crippen molar-refractivity contribution in [3.8, 4) is 0 Å². The van der Waals surface area contributed by atoms with Gasteiger partial charge in [0.15, 0.2) is 0 Å². The standard InChI is InChI=1S/C12H25NO2/c1-4-11(2)9-13(3)10-12(14)5-7-15-8-6-12/h11,14H,4-10H2,1-3H3. The molecule has 0 saturated carbocycles. The van der Waals surface area contributed by atoms with Crippen LogP contribution in [0.3, 0.4) is 0 Å². The second-order valence-electron chi connectivity index (χ2n) is 5.05. The zero-order valence-corrected chi connectivity index (χ0v) is 10.3. The van der Waals surface area contributed by atoms with Crippen LogP contribution in [0.5, 0.6) is 0 Å². The van der Waals surface area contributed by atoms with Crippen LogP contribution in [-0.4, -0.2) is 49.0 Å². The second-order valence-corrected chi connectivity index (χ2v) is 5.05. The maximum absolute atomic E-state index is 10.3. The van der Waals surface area contributed by atoms with E-state index in [0.717, 1.165) is 25.9 Å². The van der Waals surface area contributed by atoms with Crippen molar-refractivity contribution >= 4 is 0 Å². The first-order valence-electron chi connectivity index (χ1n) is 6.04. The SMILES string of the molecule is CCC(C)CN(C)CC1(O)CCOCC1. The summed E-state index contributed by atoms with van der Waals surface area (Å²) in [7, 11) is 2.10. The molecule has 1 N–H and O–H groups in total. The van der Waals surface area contributed by atoms with E-state index in [0.29, 0.717) is 19.1 Å². The lowest BCUT2D eigenvalue weighted by Gasteiger charge is -2.36. The van der Waals surface area contributed by atoms with E-state index in [1.165, 1.54) is 6.42 Å². The van der Waals surface area contributed by atoms with Gasteiger partial charge in [0.1, 0.15) is 0 Å². The molecule has 1 aliphatic heterocycles. The molecular formula is C12H25NO2. The molecule has 3 heteroatoms. The predicted octanol–water partition coefficient (Wildman–Crippen LogP) is 1.51. The van der Waals surface area contributed by atoms with E-state index in [1.807, 2.05) is 0 Å². The van der Waals surface area contributed by atoms with Gasteiger partial charge >= 0.3 is 0 Å². The fraction of sp³-hybridized carbons (Fsp3) is 1.00. The van der Waals surface area contributed by atoms with Gasteiger partial charge in [0.25, 0.3) is 0 Å². The van der Waals surface area contributed by atoms with Crippen LogP contribution in [0.4, 0.5) is 0 Å². The molecule has 0 bridgehead atoms. The third-order valence-electron chi connectivity index (χ3n) is 3.31. The highest BCUT2D eigenvalue weighted by Crippen LogP contribution is 2.21. The summed E-state index contributed by atoms with van der Waals surface area (Å²) in [5.41, 5.74) is -0.513. The molecule has 1 rings (SSSR count). The third kappa shape index (κ3) is 4.49. The van der Waals surface area contributed by atoms with Crippen molar-refractivity contribution in [2.45, 2.75) is 38.7 Å². The van der Waals surface area contributed by atoms with E-state index in [4.69, 9.17) is 4.74 Å². The summed E-state index contributed by atoms with van der Waals surface area (Å²) in [5, 5.41) is 10.3. The zero-order valence-electron chi connectivity index (χ0n) is 10.3. The molecule has 0 aromatic rings. The number of rotatable bonds is 5. The van der Waals surface area contributed by atoms with Gasteiger partial charge in [-0.05, 0) is 13.0 Å². The van der Waals surface area contributed by atoms with Crippen LogP contribution < -0.4 is 0 Å². The van der Waals surface area contributed by atoms with Gasteiger partial charge in [-0.1, -0.05) is 20.3 Å². The number of hydrogen-bond donors (Lipinski definition) is 1. The Bertz CT molecular complexity index is 178. The van der Waals surface area contributed by atoms with Crippen molar-refractivity contribution in [3.05, 3.63) is 0 Å². The lowest BCUT2D eigenvalue weighted by molar-refractivity contribution is -0.0779. The molecular weight excluding hydrogens is 190 g/mol. The summed E-state index contributed by atoms with van der Waals surface area (Å²) in [4.78, 5) is 2.25. The molecule has 0 aromatic heterocycles. The molecule has 0 amide bonds. The summed E-state index contributed by atoms with van der Waals surface area (Å²) >= 11 is 0. The molecule has 1 saturated heterocycles. The molecule has 1 heterocycles. The van der Waals surface area contributed by atoms with E-state index in [2.05, 4.69) is 25.8 Å². The van der Waals surface area contributed by atoms with Crippen LogP contribution in [0.25, 0.3) is 0 Å². The van der Waals surface area contributed by atoms with Crippen molar-refractivity contribution in [2.75, 3.05) is 33.4 Å². The molecule has 1 aliphatic rings. The van der Waals surface area contributed by atoms with Gasteiger partial charge in [-0.3, -0.25) is 0 Å². The van der Waals surface area contributed by atoms with Gasteiger partial charge in [-0.25, -0.2) is 0 Å². The predicted molar refractivity (Wildman–Crippen MR) is 62.0 cm³/mol. The lowest BCUT2D eigenvalue weighted by atomic mass is 9.93. The highest BCUT2D eigenvalue weighted by atomic mass is 16.5. The molecule has 0 radical (unpaired) electrons. The average molecular weight is 215 g/mol. The maximum Gasteiger partial charge on any atom is 0.0817 e. The van der Waals surface area contributed by atoms with Gasteiger partial charge < -0.3 is 14.7 Å². The fourth-order valence-electron chi connectivity index (χ4n) is 2.14. The van der Waals surface area contributed by atoms with Gasteiger partial charge in [-0.15, -0.1) is 0 Å². The Kier molecular flexibility index (Phi) is 5.03. The van der Waals surface area contributed by atoms with Gasteiger partial charge in [-0.2, -0.15) is 0 Å². The average Bonchev–Trinajstić information content (AvgIpc) is 2.17. The fourth-order valence-corrected chi connectivity index (χ4v) is 2.14. The summed E-state index contributed by atoms with van der Waals surface area (Å²) in [5.74, 6) is 0.707. The molecule has 0 aromatic carbocycles. The van der Waals surface area contributed by atoms with Gasteiger partial charge in [0.05, 0.1) is 5.60 Å². The van der Waals surface area contributed by atoms with E-state index in [1.54, 1.807) is 0 Å². The van der Waals surface area contributed by atoms with Gasteiger partial charge in [0, 0.05) is 39.1 Å². The van der Waals surface area contributed by atoms with Crippen LogP contribution >= 0.6 is 0 Å². The van der Waals surface area contributed by atoms with Gasteiger partial charge in [0.2, 0.25) is 0 Å². The minimum absolute atomic E-state index is 0.513. The molecule has 1 unspecified atom stereocenters. The Labute approximate surface area is 93.4 Å². The Morgan fingerprint density at radius 3 is 2.53 bits per heavy atom. The Hall–Kier alpha value is -0.120. The minimum Gasteiger partial charge on any atom is -0.388 e. The molecule has 90 valence electrons. The summed E-state index contributed by atoms with van der Waals surface area (Å²) in [6.07, 6.45) is 2.75. The Balaban J connectivity index is 2.31. The molecule has 1 atom stereocenters. The molecule has 1 fully saturated rings. The van der Waals surface area contributed by atoms with E-state index >= 15 is 0 Å². The van der Waals surface area contributed by atoms with Crippen molar-refractivity contribution in [3.63, 3.8) is 0 Å². The topological polar surface area (TPSA) is 32.7 Å². The summed E-state index contributed by atoms with van der Waals surface area (Å²) in [6.45, 7) is 7.72. The molecule has 3 nitrogen and oxygen atoms in total. The van der Waals surface area contributed by atoms with E-state index in [-0.39, 0.29) is 0 Å². The third-order valence-corrected chi connectivity index (χ3v) is 3.31. The zero-order chi connectivity index (χ0) is 11.3. The highest BCUT2D eigenvalue weighted by Gasteiger charge is 2.30. The van der Waals surface area contributed by atoms with Crippen molar-refractivity contribution < 1.29 is 9.84 Å². The van der Waals surface area contributed by atoms with Crippen LogP contribution in [0.1, 0.15) is 33.1 Å². The second kappa shape index (κ2) is 5.83. The highest BCUT2D eigenvalue weighted by molar-refractivity contribution is 4.84. The number of hydrogen-bond acceptors (Lipinski definition) is 3.